The van der Waals surface area contributed by atoms with Crippen molar-refractivity contribution in [3.63, 3.8) is 0 Å². The van der Waals surface area contributed by atoms with Gasteiger partial charge in [-0.15, -0.1) is 0 Å². The third kappa shape index (κ3) is 2.32. The summed E-state index contributed by atoms with van der Waals surface area (Å²) in [5.41, 5.74) is 0.527. The molecule has 1 rings (SSSR count). The van der Waals surface area contributed by atoms with Gasteiger partial charge in [0.15, 0.2) is 0 Å². The van der Waals surface area contributed by atoms with Gasteiger partial charge in [-0.1, -0.05) is 41.4 Å². The molecule has 0 bridgehead atoms. The van der Waals surface area contributed by atoms with Crippen molar-refractivity contribution in [2.45, 2.75) is 4.17 Å². The Morgan fingerprint density at radius 3 is 2.14 bits per heavy atom. The molecule has 0 heterocycles. The van der Waals surface area contributed by atoms with E-state index in [2.05, 4.69) is 0 Å². The molecule has 0 spiro atoms. The van der Waals surface area contributed by atoms with Crippen LogP contribution in [-0.4, -0.2) is 19.6 Å². The van der Waals surface area contributed by atoms with Crippen molar-refractivity contribution >= 4 is 38.9 Å². The summed E-state index contributed by atoms with van der Waals surface area (Å²) < 4.78 is 22.6. The number of rotatable bonds is 3. The van der Waals surface area contributed by atoms with Gasteiger partial charge in [0, 0.05) is 7.05 Å². The molecule has 0 aliphatic rings. The van der Waals surface area contributed by atoms with Gasteiger partial charge in [-0.05, 0) is 12.1 Å². The number of sulfonamides is 1. The first-order valence-electron chi connectivity index (χ1n) is 3.77. The van der Waals surface area contributed by atoms with Gasteiger partial charge in [0.1, 0.15) is 0 Å². The van der Waals surface area contributed by atoms with E-state index < -0.39 is 14.2 Å². The average Bonchev–Trinajstić information content (AvgIpc) is 2.17. The highest BCUT2D eigenvalue weighted by molar-refractivity contribution is 7.95. The van der Waals surface area contributed by atoms with Crippen LogP contribution in [0.15, 0.2) is 30.3 Å². The summed E-state index contributed by atoms with van der Waals surface area (Å²) in [6.45, 7) is 0. The maximum atomic E-state index is 11.5. The molecule has 0 atom stereocenters. The number of benzene rings is 1. The second-order valence-electron chi connectivity index (χ2n) is 2.61. The predicted octanol–water partition coefficient (Wildman–Crippen LogP) is 2.21. The van der Waals surface area contributed by atoms with Crippen LogP contribution in [0.4, 0.5) is 5.69 Å². The highest BCUT2D eigenvalue weighted by Crippen LogP contribution is 2.21. The fourth-order valence-corrected chi connectivity index (χ4v) is 2.28. The van der Waals surface area contributed by atoms with Crippen LogP contribution in [0.3, 0.4) is 0 Å². The van der Waals surface area contributed by atoms with E-state index in [0.29, 0.717) is 5.69 Å². The molecule has 14 heavy (non-hydrogen) atoms. The lowest BCUT2D eigenvalue weighted by Crippen LogP contribution is -2.30. The Bertz CT molecular complexity index is 391. The van der Waals surface area contributed by atoms with E-state index >= 15 is 0 Å². The Balaban J connectivity index is 3.03. The van der Waals surface area contributed by atoms with E-state index in [-0.39, 0.29) is 0 Å². The number of nitrogens with zero attached hydrogens (tertiary/aromatic N) is 1. The van der Waals surface area contributed by atoms with Crippen LogP contribution in [0, 0.1) is 0 Å². The van der Waals surface area contributed by atoms with Crippen LogP contribution in [0.25, 0.3) is 0 Å². The zero-order chi connectivity index (χ0) is 10.8. The standard InChI is InChI=1S/C8H9Cl2NO2S/c1-11(14(12,13)8(9)10)7-5-3-2-4-6-7/h2-6,8H,1H3. The lowest BCUT2D eigenvalue weighted by molar-refractivity contribution is 0.597. The van der Waals surface area contributed by atoms with E-state index in [1.165, 1.54) is 7.05 Å². The Hall–Kier alpha value is -0.450. The van der Waals surface area contributed by atoms with Gasteiger partial charge >= 0.3 is 0 Å². The molecule has 0 fully saturated rings. The number of hydrogen-bond acceptors (Lipinski definition) is 2. The van der Waals surface area contributed by atoms with Crippen LogP contribution in [0.1, 0.15) is 0 Å². The molecular formula is C8H9Cl2NO2S. The third-order valence-corrected chi connectivity index (χ3v) is 4.50. The van der Waals surface area contributed by atoms with Crippen molar-refractivity contribution in [2.24, 2.45) is 0 Å². The topological polar surface area (TPSA) is 37.4 Å². The number of hydrogen-bond donors (Lipinski definition) is 0. The first-order chi connectivity index (χ1) is 6.46. The molecule has 0 N–H and O–H groups in total. The number of anilines is 1. The summed E-state index contributed by atoms with van der Waals surface area (Å²) in [7, 11) is -2.26. The summed E-state index contributed by atoms with van der Waals surface area (Å²) in [6, 6.07) is 8.59. The molecule has 0 aliphatic heterocycles. The van der Waals surface area contributed by atoms with Gasteiger partial charge in [-0.2, -0.15) is 0 Å². The van der Waals surface area contributed by atoms with Crippen molar-refractivity contribution in [3.05, 3.63) is 30.3 Å². The molecule has 0 radical (unpaired) electrons. The minimum atomic E-state index is -3.67. The van der Waals surface area contributed by atoms with E-state index in [0.717, 1.165) is 4.31 Å². The van der Waals surface area contributed by atoms with E-state index in [4.69, 9.17) is 23.2 Å². The quantitative estimate of drug-likeness (QED) is 0.775. The second kappa shape index (κ2) is 4.38. The third-order valence-electron chi connectivity index (χ3n) is 1.73. The van der Waals surface area contributed by atoms with Crippen molar-refractivity contribution in [3.8, 4) is 0 Å². The monoisotopic (exact) mass is 253 g/mol. The molecule has 0 aliphatic carbocycles. The van der Waals surface area contributed by atoms with Gasteiger partial charge < -0.3 is 0 Å². The molecule has 0 amide bonds. The Morgan fingerprint density at radius 1 is 1.21 bits per heavy atom. The van der Waals surface area contributed by atoms with Crippen LogP contribution in [0.5, 0.6) is 0 Å². The maximum Gasteiger partial charge on any atom is 0.266 e. The van der Waals surface area contributed by atoms with E-state index in [1.54, 1.807) is 30.3 Å². The average molecular weight is 254 g/mol. The SMILES string of the molecule is CN(c1ccccc1)S(=O)(=O)C(Cl)Cl. The Kier molecular flexibility index (Phi) is 3.64. The van der Waals surface area contributed by atoms with E-state index in [9.17, 15) is 8.42 Å². The summed E-state index contributed by atoms with van der Waals surface area (Å²) in [5.74, 6) is 0. The van der Waals surface area contributed by atoms with Crippen molar-refractivity contribution in [2.75, 3.05) is 11.4 Å². The molecule has 3 nitrogen and oxygen atoms in total. The molecule has 1 aromatic carbocycles. The molecular weight excluding hydrogens is 245 g/mol. The molecule has 0 saturated heterocycles. The van der Waals surface area contributed by atoms with Crippen LogP contribution in [0.2, 0.25) is 0 Å². The summed E-state index contributed by atoms with van der Waals surface area (Å²) in [5, 5.41) is 0. The van der Waals surface area contributed by atoms with Crippen molar-refractivity contribution < 1.29 is 8.42 Å². The Labute approximate surface area is 93.3 Å². The maximum absolute atomic E-state index is 11.5. The highest BCUT2D eigenvalue weighted by atomic mass is 35.5. The minimum Gasteiger partial charge on any atom is -0.271 e. The largest absolute Gasteiger partial charge is 0.271 e. The summed E-state index contributed by atoms with van der Waals surface area (Å²) >= 11 is 10.7. The fraction of sp³-hybridized carbons (Fsp3) is 0.250. The minimum absolute atomic E-state index is 0.527. The van der Waals surface area contributed by atoms with Crippen molar-refractivity contribution in [1.29, 1.82) is 0 Å². The fourth-order valence-electron chi connectivity index (χ4n) is 0.904. The van der Waals surface area contributed by atoms with Crippen LogP contribution in [-0.2, 0) is 10.0 Å². The lowest BCUT2D eigenvalue weighted by atomic mass is 10.3. The number of para-hydroxylation sites is 1. The molecule has 6 heteroatoms. The summed E-state index contributed by atoms with van der Waals surface area (Å²) in [6.07, 6.45) is 0. The molecule has 1 aromatic rings. The molecule has 0 aromatic heterocycles. The van der Waals surface area contributed by atoms with Crippen LogP contribution < -0.4 is 4.31 Å². The summed E-state index contributed by atoms with van der Waals surface area (Å²) in [4.78, 5) is 0. The predicted molar refractivity (Wildman–Crippen MR) is 59.3 cm³/mol. The highest BCUT2D eigenvalue weighted by Gasteiger charge is 2.25. The Morgan fingerprint density at radius 2 is 1.71 bits per heavy atom. The molecule has 0 saturated carbocycles. The molecule has 78 valence electrons. The van der Waals surface area contributed by atoms with Gasteiger partial charge in [0.2, 0.25) is 4.17 Å². The van der Waals surface area contributed by atoms with E-state index in [1.807, 2.05) is 0 Å². The van der Waals surface area contributed by atoms with Crippen LogP contribution >= 0.6 is 23.2 Å². The zero-order valence-electron chi connectivity index (χ0n) is 7.39. The van der Waals surface area contributed by atoms with Gasteiger partial charge in [-0.3, -0.25) is 4.31 Å². The first kappa shape index (κ1) is 11.6. The smallest absolute Gasteiger partial charge is 0.266 e. The van der Waals surface area contributed by atoms with Gasteiger partial charge in [0.25, 0.3) is 10.0 Å². The normalized spacial score (nSPS) is 11.7. The first-order valence-corrected chi connectivity index (χ1v) is 6.15. The van der Waals surface area contributed by atoms with Crippen molar-refractivity contribution in [1.82, 2.24) is 0 Å². The lowest BCUT2D eigenvalue weighted by Gasteiger charge is -2.19. The van der Waals surface area contributed by atoms with Gasteiger partial charge in [-0.25, -0.2) is 8.42 Å². The number of halogens is 2. The molecule has 0 unspecified atom stereocenters. The zero-order valence-corrected chi connectivity index (χ0v) is 9.72. The van der Waals surface area contributed by atoms with Gasteiger partial charge in [0.05, 0.1) is 5.69 Å². The number of alkyl halides is 2. The second-order valence-corrected chi connectivity index (χ2v) is 6.27.